The normalized spacial score (nSPS) is 13.7. The van der Waals surface area contributed by atoms with Crippen LogP contribution in [0, 0.1) is 0 Å². The Morgan fingerprint density at radius 1 is 1.27 bits per heavy atom. The molecule has 0 bridgehead atoms. The summed E-state index contributed by atoms with van der Waals surface area (Å²) in [6.45, 7) is 0.0661. The Kier molecular flexibility index (Phi) is 3.90. The summed E-state index contributed by atoms with van der Waals surface area (Å²) in [7, 11) is 3.56. The van der Waals surface area contributed by atoms with Gasteiger partial charge in [-0.2, -0.15) is 0 Å². The van der Waals surface area contributed by atoms with Gasteiger partial charge >= 0.3 is 0 Å². The van der Waals surface area contributed by atoms with Crippen LogP contribution in [0.25, 0.3) is 0 Å². The lowest BCUT2D eigenvalue weighted by molar-refractivity contribution is -0.114. The fourth-order valence-electron chi connectivity index (χ4n) is 2.52. The summed E-state index contributed by atoms with van der Waals surface area (Å²) in [5.74, 6) is 0.564. The summed E-state index contributed by atoms with van der Waals surface area (Å²) in [5, 5.41) is 3.47. The highest BCUT2D eigenvalue weighted by atomic mass is 35.5. The van der Waals surface area contributed by atoms with Gasteiger partial charge in [0.1, 0.15) is 20.1 Å². The van der Waals surface area contributed by atoms with Crippen molar-refractivity contribution in [2.24, 2.45) is 4.99 Å². The van der Waals surface area contributed by atoms with E-state index in [1.165, 1.54) is 0 Å². The zero-order chi connectivity index (χ0) is 15.7. The van der Waals surface area contributed by atoms with Gasteiger partial charge in [-0.05, 0) is 11.5 Å². The highest BCUT2D eigenvalue weighted by molar-refractivity contribution is 6.38. The number of amides is 1. The minimum absolute atomic E-state index is 0.0661. The summed E-state index contributed by atoms with van der Waals surface area (Å²) in [5.41, 5.74) is 4.02. The van der Waals surface area contributed by atoms with E-state index in [0.717, 1.165) is 22.3 Å². The third kappa shape index (κ3) is 2.60. The van der Waals surface area contributed by atoms with Gasteiger partial charge in [0.25, 0.3) is 0 Å². The molecule has 1 aliphatic rings. The number of benzodiazepines with no additional fused rings is 1. The maximum atomic E-state index is 11.9. The van der Waals surface area contributed by atoms with Crippen molar-refractivity contribution in [2.45, 2.75) is 0 Å². The van der Waals surface area contributed by atoms with E-state index in [1.54, 1.807) is 7.11 Å². The van der Waals surface area contributed by atoms with Gasteiger partial charge in [0, 0.05) is 22.2 Å². The predicted molar refractivity (Wildman–Crippen MR) is 91.8 cm³/mol. The van der Waals surface area contributed by atoms with Gasteiger partial charge in [0.15, 0.2) is 0 Å². The maximum Gasteiger partial charge on any atom is 0.246 e. The third-order valence-electron chi connectivity index (χ3n) is 3.57. The number of hydrogen-bond donors (Lipinski definition) is 1. The lowest BCUT2D eigenvalue weighted by Crippen LogP contribution is -2.16. The molecule has 1 heterocycles. The number of carbonyl (C=O) groups is 1. The Morgan fingerprint density at radius 2 is 2.05 bits per heavy atom. The molecule has 1 N–H and O–H groups in total. The molecule has 1 amide bonds. The van der Waals surface area contributed by atoms with E-state index in [2.05, 4.69) is 10.3 Å². The lowest BCUT2D eigenvalue weighted by Gasteiger charge is -2.14. The molecule has 0 unspecified atom stereocenters. The Balaban J connectivity index is 2.23. The minimum atomic E-state index is -0.158. The van der Waals surface area contributed by atoms with Crippen LogP contribution in [0.5, 0.6) is 5.75 Å². The molecular formula is C16H14BClN2O2. The molecule has 0 saturated carbocycles. The van der Waals surface area contributed by atoms with Crippen molar-refractivity contribution in [3.8, 4) is 5.75 Å². The third-order valence-corrected chi connectivity index (χ3v) is 3.90. The fourth-order valence-corrected chi connectivity index (χ4v) is 2.74. The van der Waals surface area contributed by atoms with E-state index < -0.39 is 0 Å². The molecular weight excluding hydrogens is 298 g/mol. The molecule has 0 saturated heterocycles. The van der Waals surface area contributed by atoms with Gasteiger partial charge in [-0.1, -0.05) is 35.9 Å². The molecule has 3 rings (SSSR count). The monoisotopic (exact) mass is 312 g/mol. The number of ether oxygens (including phenoxy) is 1. The Morgan fingerprint density at radius 3 is 2.77 bits per heavy atom. The van der Waals surface area contributed by atoms with Crippen LogP contribution in [0.3, 0.4) is 0 Å². The molecule has 22 heavy (non-hydrogen) atoms. The molecule has 0 spiro atoms. The highest BCUT2D eigenvalue weighted by Gasteiger charge is 2.21. The summed E-state index contributed by atoms with van der Waals surface area (Å²) in [6.07, 6.45) is 0. The van der Waals surface area contributed by atoms with E-state index >= 15 is 0 Å². The van der Waals surface area contributed by atoms with E-state index in [0.29, 0.717) is 16.4 Å². The molecule has 0 radical (unpaired) electrons. The smallest absolute Gasteiger partial charge is 0.246 e. The largest absolute Gasteiger partial charge is 0.497 e. The second-order valence-electron chi connectivity index (χ2n) is 5.06. The quantitative estimate of drug-likeness (QED) is 0.852. The maximum absolute atomic E-state index is 11.9. The van der Waals surface area contributed by atoms with Crippen molar-refractivity contribution in [2.75, 3.05) is 19.0 Å². The van der Waals surface area contributed by atoms with E-state index in [9.17, 15) is 4.79 Å². The first kappa shape index (κ1) is 14.7. The van der Waals surface area contributed by atoms with Gasteiger partial charge in [0.2, 0.25) is 5.91 Å². The average Bonchev–Trinajstić information content (AvgIpc) is 2.65. The van der Waals surface area contributed by atoms with Crippen molar-refractivity contribution in [3.63, 3.8) is 0 Å². The Hall–Kier alpha value is -2.27. The van der Waals surface area contributed by atoms with Crippen molar-refractivity contribution in [1.29, 1.82) is 0 Å². The Labute approximate surface area is 134 Å². The zero-order valence-electron chi connectivity index (χ0n) is 12.3. The number of anilines is 1. The molecule has 6 heteroatoms. The number of nitrogens with zero attached hydrogens (tertiary/aromatic N) is 1. The van der Waals surface area contributed by atoms with E-state index in [1.807, 2.05) is 44.2 Å². The van der Waals surface area contributed by atoms with Crippen molar-refractivity contribution in [1.82, 2.24) is 0 Å². The lowest BCUT2D eigenvalue weighted by atomic mass is 9.89. The number of aliphatic imine (C=N–C) groups is 1. The second kappa shape index (κ2) is 5.85. The van der Waals surface area contributed by atoms with Crippen LogP contribution in [-0.4, -0.2) is 33.1 Å². The number of benzene rings is 2. The fraction of sp³-hybridized carbons (Fsp3) is 0.125. The van der Waals surface area contributed by atoms with Crippen LogP contribution in [0.4, 0.5) is 5.69 Å². The molecule has 0 aliphatic carbocycles. The van der Waals surface area contributed by atoms with Crippen LogP contribution in [-0.2, 0) is 4.79 Å². The number of carbonyl (C=O) groups excluding carboxylic acids is 1. The van der Waals surface area contributed by atoms with Crippen LogP contribution >= 0.6 is 11.6 Å². The van der Waals surface area contributed by atoms with Gasteiger partial charge in [-0.25, -0.2) is 0 Å². The molecule has 4 nitrogen and oxygen atoms in total. The van der Waals surface area contributed by atoms with Crippen LogP contribution in [0.2, 0.25) is 5.02 Å². The predicted octanol–water partition coefficient (Wildman–Crippen LogP) is 1.40. The van der Waals surface area contributed by atoms with Crippen LogP contribution in [0.15, 0.2) is 41.4 Å². The van der Waals surface area contributed by atoms with Crippen molar-refractivity contribution < 1.29 is 9.53 Å². The summed E-state index contributed by atoms with van der Waals surface area (Å²) < 4.78 is 5.33. The second-order valence-corrected chi connectivity index (χ2v) is 5.47. The topological polar surface area (TPSA) is 50.7 Å². The minimum Gasteiger partial charge on any atom is -0.497 e. The molecule has 2 aromatic rings. The number of hydrogen-bond acceptors (Lipinski definition) is 3. The SMILES string of the molecule is Bc1cc2c(cc1OC)NC(=O)CN=C2c1ccccc1Cl. The van der Waals surface area contributed by atoms with Crippen LogP contribution in [0.1, 0.15) is 11.1 Å². The standard InChI is InChI=1S/C16H14BClN2O2/c1-22-14-7-13-10(6-11(14)17)16(19-8-15(21)20-13)9-4-2-3-5-12(9)18/h2-7H,8,17H2,1H3,(H,20,21). The summed E-state index contributed by atoms with van der Waals surface area (Å²) in [4.78, 5) is 16.4. The number of halogens is 1. The molecule has 0 fully saturated rings. The Bertz CT molecular complexity index is 790. The number of nitrogens with one attached hydrogen (secondary N) is 1. The van der Waals surface area contributed by atoms with Gasteiger partial charge in [0.05, 0.1) is 18.5 Å². The summed E-state index contributed by atoms with van der Waals surface area (Å²) >= 11 is 6.30. The van der Waals surface area contributed by atoms with Crippen LogP contribution < -0.4 is 15.5 Å². The number of rotatable bonds is 2. The first-order chi connectivity index (χ1) is 10.6. The van der Waals surface area contributed by atoms with Crippen molar-refractivity contribution in [3.05, 3.63) is 52.5 Å². The number of fused-ring (bicyclic) bond motifs is 1. The molecule has 0 aromatic heterocycles. The average molecular weight is 313 g/mol. The summed E-state index contributed by atoms with van der Waals surface area (Å²) in [6, 6.07) is 11.3. The molecule has 1 aliphatic heterocycles. The molecule has 0 atom stereocenters. The van der Waals surface area contributed by atoms with Gasteiger partial charge in [-0.3, -0.25) is 9.79 Å². The zero-order valence-corrected chi connectivity index (χ0v) is 13.1. The van der Waals surface area contributed by atoms with Crippen molar-refractivity contribution >= 4 is 42.2 Å². The van der Waals surface area contributed by atoms with Gasteiger partial charge < -0.3 is 10.1 Å². The van der Waals surface area contributed by atoms with Gasteiger partial charge in [-0.15, -0.1) is 0 Å². The van der Waals surface area contributed by atoms with E-state index in [-0.39, 0.29) is 12.5 Å². The highest BCUT2D eigenvalue weighted by Crippen LogP contribution is 2.28. The molecule has 110 valence electrons. The number of methoxy groups -OCH3 is 1. The molecule has 2 aromatic carbocycles. The van der Waals surface area contributed by atoms with E-state index in [4.69, 9.17) is 16.3 Å². The first-order valence-electron chi connectivity index (χ1n) is 6.88. The first-order valence-corrected chi connectivity index (χ1v) is 7.26.